The van der Waals surface area contributed by atoms with Crippen molar-refractivity contribution in [2.75, 3.05) is 11.9 Å². The molecule has 2 N–H and O–H groups in total. The lowest BCUT2D eigenvalue weighted by atomic mass is 9.87. The van der Waals surface area contributed by atoms with E-state index < -0.39 is 0 Å². The lowest BCUT2D eigenvalue weighted by Gasteiger charge is -2.19. The van der Waals surface area contributed by atoms with E-state index in [1.54, 1.807) is 6.26 Å². The number of fused-ring (bicyclic) bond motifs is 1. The molecule has 0 bridgehead atoms. The number of hydrogen-bond donors (Lipinski definition) is 2. The van der Waals surface area contributed by atoms with Gasteiger partial charge in [0.05, 0.1) is 6.26 Å². The SMILES string of the molecule is CC(C)(C)c1ccc(NC(=O)NCCc2coc3ccccc23)cc1. The number of benzene rings is 2. The molecule has 2 aromatic carbocycles. The molecule has 1 heterocycles. The lowest BCUT2D eigenvalue weighted by molar-refractivity contribution is 0.252. The van der Waals surface area contributed by atoms with Gasteiger partial charge in [-0.25, -0.2) is 4.79 Å². The van der Waals surface area contributed by atoms with Gasteiger partial charge in [0.2, 0.25) is 0 Å². The van der Waals surface area contributed by atoms with E-state index >= 15 is 0 Å². The molecule has 0 unspecified atom stereocenters. The number of nitrogens with one attached hydrogen (secondary N) is 2. The smallest absolute Gasteiger partial charge is 0.319 e. The molecule has 2 amide bonds. The maximum atomic E-state index is 12.0. The van der Waals surface area contributed by atoms with Crippen LogP contribution in [-0.2, 0) is 11.8 Å². The highest BCUT2D eigenvalue weighted by Crippen LogP contribution is 2.23. The number of para-hydroxylation sites is 1. The van der Waals surface area contributed by atoms with Crippen molar-refractivity contribution in [3.63, 3.8) is 0 Å². The van der Waals surface area contributed by atoms with Crippen molar-refractivity contribution in [2.24, 2.45) is 0 Å². The Hall–Kier alpha value is -2.75. The van der Waals surface area contributed by atoms with Crippen LogP contribution >= 0.6 is 0 Å². The second-order valence-electron chi connectivity index (χ2n) is 7.22. The predicted octanol–water partition coefficient (Wildman–Crippen LogP) is 5.09. The molecule has 0 spiro atoms. The van der Waals surface area contributed by atoms with Gasteiger partial charge >= 0.3 is 6.03 Å². The summed E-state index contributed by atoms with van der Waals surface area (Å²) in [6, 6.07) is 15.7. The van der Waals surface area contributed by atoms with Gasteiger partial charge in [-0.3, -0.25) is 0 Å². The Balaban J connectivity index is 1.51. The normalized spacial score (nSPS) is 11.5. The largest absolute Gasteiger partial charge is 0.464 e. The Bertz CT molecular complexity index is 857. The van der Waals surface area contributed by atoms with Crippen molar-refractivity contribution in [3.05, 3.63) is 65.9 Å². The highest BCUT2D eigenvalue weighted by molar-refractivity contribution is 5.89. The van der Waals surface area contributed by atoms with Crippen molar-refractivity contribution in [1.29, 1.82) is 0 Å². The number of anilines is 1. The van der Waals surface area contributed by atoms with Crippen LogP contribution in [0, 0.1) is 0 Å². The summed E-state index contributed by atoms with van der Waals surface area (Å²) in [7, 11) is 0. The zero-order valence-electron chi connectivity index (χ0n) is 14.9. The van der Waals surface area contributed by atoms with Crippen LogP contribution in [0.1, 0.15) is 31.9 Å². The summed E-state index contributed by atoms with van der Waals surface area (Å²) >= 11 is 0. The third kappa shape index (κ3) is 4.21. The first-order valence-corrected chi connectivity index (χ1v) is 8.54. The minimum absolute atomic E-state index is 0.105. The van der Waals surface area contributed by atoms with Crippen molar-refractivity contribution >= 4 is 22.7 Å². The van der Waals surface area contributed by atoms with Crippen LogP contribution in [0.4, 0.5) is 10.5 Å². The van der Waals surface area contributed by atoms with E-state index in [1.807, 2.05) is 48.5 Å². The van der Waals surface area contributed by atoms with E-state index in [-0.39, 0.29) is 11.4 Å². The van der Waals surface area contributed by atoms with Gasteiger partial charge in [0.15, 0.2) is 0 Å². The zero-order chi connectivity index (χ0) is 17.9. The van der Waals surface area contributed by atoms with Crippen LogP contribution in [0.2, 0.25) is 0 Å². The van der Waals surface area contributed by atoms with Gasteiger partial charge in [0, 0.05) is 17.6 Å². The van der Waals surface area contributed by atoms with E-state index in [1.165, 1.54) is 5.56 Å². The third-order valence-corrected chi connectivity index (χ3v) is 4.25. The van der Waals surface area contributed by atoms with Gasteiger partial charge in [-0.2, -0.15) is 0 Å². The van der Waals surface area contributed by atoms with E-state index in [4.69, 9.17) is 4.42 Å². The zero-order valence-corrected chi connectivity index (χ0v) is 14.9. The summed E-state index contributed by atoms with van der Waals surface area (Å²) in [5, 5.41) is 6.85. The monoisotopic (exact) mass is 336 g/mol. The predicted molar refractivity (Wildman–Crippen MR) is 102 cm³/mol. The van der Waals surface area contributed by atoms with Crippen LogP contribution in [0.3, 0.4) is 0 Å². The lowest BCUT2D eigenvalue weighted by Crippen LogP contribution is -2.30. The highest BCUT2D eigenvalue weighted by atomic mass is 16.3. The molecule has 1 aromatic heterocycles. The van der Waals surface area contributed by atoms with Crippen molar-refractivity contribution in [3.8, 4) is 0 Å². The first-order valence-electron chi connectivity index (χ1n) is 8.54. The second kappa shape index (κ2) is 7.01. The molecule has 0 saturated heterocycles. The van der Waals surface area contributed by atoms with Gasteiger partial charge in [-0.1, -0.05) is 51.1 Å². The number of rotatable bonds is 4. The average molecular weight is 336 g/mol. The molecule has 3 rings (SSSR count). The summed E-state index contributed by atoms with van der Waals surface area (Å²) in [5.74, 6) is 0. The fraction of sp³-hybridized carbons (Fsp3) is 0.286. The molecule has 0 atom stereocenters. The van der Waals surface area contributed by atoms with Crippen LogP contribution in [0.15, 0.2) is 59.2 Å². The molecule has 0 fully saturated rings. The molecule has 3 aromatic rings. The van der Waals surface area contributed by atoms with Crippen LogP contribution in [-0.4, -0.2) is 12.6 Å². The molecule has 130 valence electrons. The molecular formula is C21H24N2O2. The fourth-order valence-electron chi connectivity index (χ4n) is 2.77. The minimum Gasteiger partial charge on any atom is -0.464 e. The maximum absolute atomic E-state index is 12.0. The Kier molecular flexibility index (Phi) is 4.79. The van der Waals surface area contributed by atoms with Crippen LogP contribution in [0.25, 0.3) is 11.0 Å². The van der Waals surface area contributed by atoms with Gasteiger partial charge in [-0.15, -0.1) is 0 Å². The van der Waals surface area contributed by atoms with Gasteiger partial charge in [0.1, 0.15) is 5.58 Å². The molecular weight excluding hydrogens is 312 g/mol. The highest BCUT2D eigenvalue weighted by Gasteiger charge is 2.13. The molecule has 0 radical (unpaired) electrons. The Morgan fingerprint density at radius 1 is 1.04 bits per heavy atom. The Morgan fingerprint density at radius 2 is 1.76 bits per heavy atom. The molecule has 4 heteroatoms. The van der Waals surface area contributed by atoms with Crippen LogP contribution in [0.5, 0.6) is 0 Å². The molecule has 25 heavy (non-hydrogen) atoms. The minimum atomic E-state index is -0.198. The van der Waals surface area contributed by atoms with Gasteiger partial charge < -0.3 is 15.1 Å². The Labute approximate surface area is 148 Å². The van der Waals surface area contributed by atoms with Gasteiger partial charge in [-0.05, 0) is 41.2 Å². The summed E-state index contributed by atoms with van der Waals surface area (Å²) < 4.78 is 5.51. The molecule has 0 aliphatic heterocycles. The molecule has 0 saturated carbocycles. The Morgan fingerprint density at radius 3 is 2.48 bits per heavy atom. The summed E-state index contributed by atoms with van der Waals surface area (Å²) in [5.41, 5.74) is 4.12. The first-order chi connectivity index (χ1) is 11.9. The summed E-state index contributed by atoms with van der Waals surface area (Å²) in [6.45, 7) is 7.06. The van der Waals surface area contributed by atoms with Crippen molar-refractivity contribution in [1.82, 2.24) is 5.32 Å². The number of urea groups is 1. The number of amides is 2. The number of carbonyl (C=O) groups is 1. The molecule has 0 aliphatic carbocycles. The second-order valence-corrected chi connectivity index (χ2v) is 7.22. The van der Waals surface area contributed by atoms with E-state index in [2.05, 4.69) is 31.4 Å². The number of furan rings is 1. The maximum Gasteiger partial charge on any atom is 0.319 e. The van der Waals surface area contributed by atoms with E-state index in [9.17, 15) is 4.79 Å². The van der Waals surface area contributed by atoms with Crippen LogP contribution < -0.4 is 10.6 Å². The topological polar surface area (TPSA) is 54.3 Å². The molecule has 4 nitrogen and oxygen atoms in total. The van der Waals surface area contributed by atoms with E-state index in [0.717, 1.165) is 28.6 Å². The average Bonchev–Trinajstić information content (AvgIpc) is 2.98. The van der Waals surface area contributed by atoms with Crippen molar-refractivity contribution in [2.45, 2.75) is 32.6 Å². The fourth-order valence-corrected chi connectivity index (χ4v) is 2.77. The summed E-state index contributed by atoms with van der Waals surface area (Å²) in [4.78, 5) is 12.0. The van der Waals surface area contributed by atoms with E-state index in [0.29, 0.717) is 6.54 Å². The number of hydrogen-bond acceptors (Lipinski definition) is 2. The van der Waals surface area contributed by atoms with Gasteiger partial charge in [0.25, 0.3) is 0 Å². The molecule has 0 aliphatic rings. The van der Waals surface area contributed by atoms with Crippen molar-refractivity contribution < 1.29 is 9.21 Å². The first kappa shape index (κ1) is 17.1. The standard InChI is InChI=1S/C21H24N2O2/c1-21(2,3)16-8-10-17(11-9-16)23-20(24)22-13-12-15-14-25-19-7-5-4-6-18(15)19/h4-11,14H,12-13H2,1-3H3,(H2,22,23,24). The number of carbonyl (C=O) groups excluding carboxylic acids is 1. The summed E-state index contributed by atoms with van der Waals surface area (Å²) in [6.07, 6.45) is 2.49. The quantitative estimate of drug-likeness (QED) is 0.697. The third-order valence-electron chi connectivity index (χ3n) is 4.25.